The van der Waals surface area contributed by atoms with Crippen LogP contribution >= 0.6 is 0 Å². The quantitative estimate of drug-likeness (QED) is 0.276. The topological polar surface area (TPSA) is 12.2 Å². The molecule has 0 aromatic carbocycles. The molecule has 0 spiro atoms. The van der Waals surface area contributed by atoms with Crippen molar-refractivity contribution >= 4 is 14.7 Å². The second kappa shape index (κ2) is 7.46. The standard InChI is InChI=1S/C16H36NOSi/c1-12(2)17(13(3)4)11-18-19(14(5)6,15(7)8)16(9)10/h11-16H,1-10H3/q+1. The molecule has 0 saturated heterocycles. The summed E-state index contributed by atoms with van der Waals surface area (Å²) in [6.07, 6.45) is 2.04. The summed E-state index contributed by atoms with van der Waals surface area (Å²) in [6, 6.07) is 0.969. The van der Waals surface area contributed by atoms with E-state index in [1.54, 1.807) is 0 Å². The molecule has 114 valence electrons. The summed E-state index contributed by atoms with van der Waals surface area (Å²) >= 11 is 0. The van der Waals surface area contributed by atoms with E-state index < -0.39 is 8.32 Å². The van der Waals surface area contributed by atoms with Crippen LogP contribution in [0.25, 0.3) is 0 Å². The molecule has 0 radical (unpaired) electrons. The maximum Gasteiger partial charge on any atom is 0.310 e. The Labute approximate surface area is 122 Å². The summed E-state index contributed by atoms with van der Waals surface area (Å²) in [7, 11) is -1.78. The Bertz CT molecular complexity index is 261. The molecule has 0 saturated carbocycles. The van der Waals surface area contributed by atoms with E-state index in [4.69, 9.17) is 4.43 Å². The molecular formula is C16H36NOSi+. The van der Waals surface area contributed by atoms with Gasteiger partial charge < -0.3 is 4.43 Å². The summed E-state index contributed by atoms with van der Waals surface area (Å²) in [5.41, 5.74) is 1.89. The Morgan fingerprint density at radius 3 is 1.21 bits per heavy atom. The molecule has 0 fully saturated rings. The van der Waals surface area contributed by atoms with Gasteiger partial charge in [0, 0.05) is 0 Å². The first-order valence-electron chi connectivity index (χ1n) is 7.85. The van der Waals surface area contributed by atoms with E-state index in [2.05, 4.69) is 73.8 Å². The van der Waals surface area contributed by atoms with Crippen LogP contribution in [0.1, 0.15) is 69.2 Å². The van der Waals surface area contributed by atoms with E-state index in [1.165, 1.54) is 0 Å². The van der Waals surface area contributed by atoms with Gasteiger partial charge in [0.15, 0.2) is 12.1 Å². The Morgan fingerprint density at radius 2 is 1.00 bits per heavy atom. The van der Waals surface area contributed by atoms with E-state index in [0.29, 0.717) is 28.7 Å². The lowest BCUT2D eigenvalue weighted by molar-refractivity contribution is -0.588. The lowest BCUT2D eigenvalue weighted by Crippen LogP contribution is -2.48. The molecule has 0 aliphatic carbocycles. The molecule has 0 heterocycles. The largest absolute Gasteiger partial charge is 0.504 e. The van der Waals surface area contributed by atoms with Crippen LogP contribution in [-0.4, -0.2) is 31.4 Å². The van der Waals surface area contributed by atoms with E-state index in [0.717, 1.165) is 0 Å². The third kappa shape index (κ3) is 4.33. The van der Waals surface area contributed by atoms with Crippen LogP contribution < -0.4 is 0 Å². The highest BCUT2D eigenvalue weighted by Crippen LogP contribution is 2.41. The van der Waals surface area contributed by atoms with Crippen molar-refractivity contribution in [2.75, 3.05) is 0 Å². The predicted octanol–water partition coefficient (Wildman–Crippen LogP) is 5.04. The van der Waals surface area contributed by atoms with Crippen LogP contribution in [0.4, 0.5) is 0 Å². The van der Waals surface area contributed by atoms with Crippen LogP contribution in [0.5, 0.6) is 0 Å². The van der Waals surface area contributed by atoms with Crippen molar-refractivity contribution in [3.8, 4) is 0 Å². The van der Waals surface area contributed by atoms with Crippen LogP contribution in [0.3, 0.4) is 0 Å². The Balaban J connectivity index is 5.40. The average Bonchev–Trinajstić information content (AvgIpc) is 2.21. The molecule has 0 atom stereocenters. The molecule has 0 amide bonds. The lowest BCUT2D eigenvalue weighted by Gasteiger charge is -2.40. The van der Waals surface area contributed by atoms with E-state index in [9.17, 15) is 0 Å². The van der Waals surface area contributed by atoms with Crippen molar-refractivity contribution in [2.24, 2.45) is 0 Å². The fraction of sp³-hybridized carbons (Fsp3) is 0.938. The molecule has 0 aromatic heterocycles. The van der Waals surface area contributed by atoms with Crippen molar-refractivity contribution in [3.05, 3.63) is 0 Å². The van der Waals surface area contributed by atoms with Crippen LogP contribution in [0.2, 0.25) is 16.6 Å². The van der Waals surface area contributed by atoms with Gasteiger partial charge in [-0.2, -0.15) is 0 Å². The van der Waals surface area contributed by atoms with Crippen molar-refractivity contribution in [1.29, 1.82) is 0 Å². The second-order valence-electron chi connectivity index (χ2n) is 7.18. The molecule has 0 N–H and O–H groups in total. The fourth-order valence-electron chi connectivity index (χ4n) is 3.40. The van der Waals surface area contributed by atoms with Gasteiger partial charge in [0.25, 0.3) is 8.32 Å². The van der Waals surface area contributed by atoms with Gasteiger partial charge in [-0.15, -0.1) is 0 Å². The molecule has 0 aliphatic heterocycles. The summed E-state index contributed by atoms with van der Waals surface area (Å²) < 4.78 is 8.87. The first kappa shape index (κ1) is 18.7. The smallest absolute Gasteiger partial charge is 0.310 e. The third-order valence-corrected chi connectivity index (χ3v) is 10.2. The summed E-state index contributed by atoms with van der Waals surface area (Å²) in [6.45, 7) is 22.9. The Morgan fingerprint density at radius 1 is 0.684 bits per heavy atom. The summed E-state index contributed by atoms with van der Waals surface area (Å²) in [4.78, 5) is 0. The number of hydrogen-bond donors (Lipinski definition) is 0. The Hall–Kier alpha value is -0.313. The van der Waals surface area contributed by atoms with Crippen LogP contribution in [0.15, 0.2) is 0 Å². The summed E-state index contributed by atoms with van der Waals surface area (Å²) in [5.74, 6) is 0. The van der Waals surface area contributed by atoms with Gasteiger partial charge >= 0.3 is 6.40 Å². The second-order valence-corrected chi connectivity index (χ2v) is 12.6. The zero-order valence-corrected chi connectivity index (χ0v) is 15.8. The molecular weight excluding hydrogens is 250 g/mol. The first-order valence-corrected chi connectivity index (χ1v) is 9.99. The molecule has 0 aromatic rings. The zero-order chi connectivity index (χ0) is 15.4. The minimum Gasteiger partial charge on any atom is -0.504 e. The van der Waals surface area contributed by atoms with Crippen LogP contribution in [-0.2, 0) is 4.43 Å². The highest BCUT2D eigenvalue weighted by Gasteiger charge is 2.47. The fourth-order valence-corrected chi connectivity index (χ4v) is 8.52. The van der Waals surface area contributed by atoms with Crippen LogP contribution in [0, 0.1) is 0 Å². The van der Waals surface area contributed by atoms with Gasteiger partial charge in [0.1, 0.15) is 0 Å². The number of nitrogens with zero attached hydrogens (tertiary/aromatic N) is 1. The van der Waals surface area contributed by atoms with Gasteiger partial charge in [-0.05, 0) is 44.3 Å². The van der Waals surface area contributed by atoms with E-state index in [-0.39, 0.29) is 0 Å². The van der Waals surface area contributed by atoms with Gasteiger partial charge in [0.05, 0.1) is 0 Å². The number of rotatable bonds is 7. The molecule has 0 aliphatic rings. The van der Waals surface area contributed by atoms with Gasteiger partial charge in [-0.3, -0.25) is 0 Å². The SMILES string of the molecule is CC(C)[N+](=CO[Si](C(C)C)(C(C)C)C(C)C)C(C)C. The zero-order valence-electron chi connectivity index (χ0n) is 14.8. The molecule has 3 heteroatoms. The Kier molecular flexibility index (Phi) is 7.34. The highest BCUT2D eigenvalue weighted by atomic mass is 28.4. The number of hydrogen-bond acceptors (Lipinski definition) is 1. The van der Waals surface area contributed by atoms with Crippen molar-refractivity contribution in [2.45, 2.75) is 97.9 Å². The minimum atomic E-state index is -1.78. The normalized spacial score (nSPS) is 13.0. The average molecular weight is 287 g/mol. The highest BCUT2D eigenvalue weighted by molar-refractivity contribution is 6.78. The monoisotopic (exact) mass is 286 g/mol. The van der Waals surface area contributed by atoms with Crippen molar-refractivity contribution in [3.63, 3.8) is 0 Å². The molecule has 19 heavy (non-hydrogen) atoms. The van der Waals surface area contributed by atoms with Crippen molar-refractivity contribution in [1.82, 2.24) is 0 Å². The third-order valence-electron chi connectivity index (χ3n) is 4.28. The molecule has 0 rings (SSSR count). The van der Waals surface area contributed by atoms with E-state index >= 15 is 0 Å². The van der Waals surface area contributed by atoms with Gasteiger partial charge in [-0.1, -0.05) is 41.5 Å². The maximum absolute atomic E-state index is 6.54. The molecule has 0 unspecified atom stereocenters. The van der Waals surface area contributed by atoms with E-state index in [1.807, 2.05) is 6.40 Å². The predicted molar refractivity (Wildman–Crippen MR) is 88.7 cm³/mol. The molecule has 2 nitrogen and oxygen atoms in total. The maximum atomic E-state index is 6.54. The minimum absolute atomic E-state index is 0.484. The molecule has 0 bridgehead atoms. The van der Waals surface area contributed by atoms with Gasteiger partial charge in [-0.25, -0.2) is 4.58 Å². The lowest BCUT2D eigenvalue weighted by atomic mass is 10.3. The first-order chi connectivity index (χ1) is 8.57. The summed E-state index contributed by atoms with van der Waals surface area (Å²) in [5, 5.41) is 0. The van der Waals surface area contributed by atoms with Gasteiger partial charge in [0.2, 0.25) is 0 Å². The van der Waals surface area contributed by atoms with Crippen molar-refractivity contribution < 1.29 is 9.00 Å².